The topological polar surface area (TPSA) is 58.6 Å². The predicted molar refractivity (Wildman–Crippen MR) is 48.2 cm³/mol. The zero-order valence-corrected chi connectivity index (χ0v) is 7.75. The summed E-state index contributed by atoms with van der Waals surface area (Å²) in [6.45, 7) is 0.460. The number of allylic oxidation sites excluding steroid dienone is 2. The largest absolute Gasteiger partial charge is 0.394 e. The van der Waals surface area contributed by atoms with Crippen LogP contribution in [-0.4, -0.2) is 37.3 Å². The second-order valence-corrected chi connectivity index (χ2v) is 3.12. The Morgan fingerprint density at radius 2 is 2.46 bits per heavy atom. The van der Waals surface area contributed by atoms with Gasteiger partial charge in [-0.3, -0.25) is 4.79 Å². The number of carbonyl (C=O) groups excluding carboxylic acids is 1. The van der Waals surface area contributed by atoms with Gasteiger partial charge in [-0.2, -0.15) is 0 Å². The molecule has 1 unspecified atom stereocenters. The molecule has 1 rings (SSSR count). The van der Waals surface area contributed by atoms with E-state index in [1.807, 2.05) is 0 Å². The van der Waals surface area contributed by atoms with E-state index in [4.69, 9.17) is 9.84 Å². The van der Waals surface area contributed by atoms with Crippen LogP contribution in [0.5, 0.6) is 0 Å². The Kier molecular flexibility index (Phi) is 3.92. The summed E-state index contributed by atoms with van der Waals surface area (Å²) < 4.78 is 4.90. The van der Waals surface area contributed by atoms with E-state index in [1.165, 1.54) is 0 Å². The molecule has 1 aliphatic carbocycles. The SMILES string of the molecule is COCC(CO)NC1=CC(=O)CC1. The van der Waals surface area contributed by atoms with Gasteiger partial charge in [-0.15, -0.1) is 0 Å². The second-order valence-electron chi connectivity index (χ2n) is 3.12. The third kappa shape index (κ3) is 3.16. The van der Waals surface area contributed by atoms with Crippen molar-refractivity contribution in [3.63, 3.8) is 0 Å². The van der Waals surface area contributed by atoms with Gasteiger partial charge >= 0.3 is 0 Å². The maximum absolute atomic E-state index is 10.9. The molecule has 0 spiro atoms. The fourth-order valence-corrected chi connectivity index (χ4v) is 1.31. The zero-order valence-electron chi connectivity index (χ0n) is 7.75. The molecule has 2 N–H and O–H groups in total. The Hall–Kier alpha value is -0.870. The molecule has 0 aliphatic heterocycles. The molecule has 74 valence electrons. The highest BCUT2D eigenvalue weighted by Crippen LogP contribution is 2.12. The number of ether oxygens (including phenoxy) is 1. The van der Waals surface area contributed by atoms with Gasteiger partial charge in [0.2, 0.25) is 0 Å². The third-order valence-electron chi connectivity index (χ3n) is 1.95. The van der Waals surface area contributed by atoms with Crippen molar-refractivity contribution in [1.29, 1.82) is 0 Å². The number of aliphatic hydroxyl groups is 1. The van der Waals surface area contributed by atoms with Crippen LogP contribution in [-0.2, 0) is 9.53 Å². The van der Waals surface area contributed by atoms with E-state index in [1.54, 1.807) is 13.2 Å². The summed E-state index contributed by atoms with van der Waals surface area (Å²) in [6.07, 6.45) is 2.92. The molecule has 13 heavy (non-hydrogen) atoms. The Balaban J connectivity index is 2.37. The highest BCUT2D eigenvalue weighted by Gasteiger charge is 2.14. The van der Waals surface area contributed by atoms with E-state index in [0.717, 1.165) is 12.1 Å². The van der Waals surface area contributed by atoms with E-state index >= 15 is 0 Å². The van der Waals surface area contributed by atoms with Gasteiger partial charge in [-0.05, 0) is 6.42 Å². The third-order valence-corrected chi connectivity index (χ3v) is 1.95. The summed E-state index contributed by atoms with van der Waals surface area (Å²) in [4.78, 5) is 10.9. The van der Waals surface area contributed by atoms with Crippen molar-refractivity contribution in [2.24, 2.45) is 0 Å². The first-order valence-corrected chi connectivity index (χ1v) is 4.36. The molecule has 0 saturated heterocycles. The maximum atomic E-state index is 10.9. The first-order chi connectivity index (χ1) is 6.26. The van der Waals surface area contributed by atoms with Gasteiger partial charge in [-0.25, -0.2) is 0 Å². The number of aliphatic hydroxyl groups excluding tert-OH is 1. The zero-order chi connectivity index (χ0) is 9.68. The van der Waals surface area contributed by atoms with Crippen LogP contribution in [0, 0.1) is 0 Å². The van der Waals surface area contributed by atoms with Crippen LogP contribution < -0.4 is 5.32 Å². The first kappa shape index (κ1) is 10.2. The highest BCUT2D eigenvalue weighted by atomic mass is 16.5. The van der Waals surface area contributed by atoms with Gasteiger partial charge in [-0.1, -0.05) is 0 Å². The second kappa shape index (κ2) is 4.99. The van der Waals surface area contributed by atoms with Crippen LogP contribution in [0.2, 0.25) is 0 Å². The average Bonchev–Trinajstić information content (AvgIpc) is 2.50. The monoisotopic (exact) mass is 185 g/mol. The minimum absolute atomic E-state index is 0.0133. The quantitative estimate of drug-likeness (QED) is 0.624. The molecule has 0 radical (unpaired) electrons. The summed E-state index contributed by atoms with van der Waals surface area (Å²) in [5.74, 6) is 0.150. The summed E-state index contributed by atoms with van der Waals surface area (Å²) in [7, 11) is 1.58. The summed E-state index contributed by atoms with van der Waals surface area (Å²) >= 11 is 0. The normalized spacial score (nSPS) is 18.6. The van der Waals surface area contributed by atoms with E-state index < -0.39 is 0 Å². The Morgan fingerprint density at radius 3 is 2.92 bits per heavy atom. The van der Waals surface area contributed by atoms with Gasteiger partial charge in [0.15, 0.2) is 5.78 Å². The van der Waals surface area contributed by atoms with Crippen LogP contribution in [0.3, 0.4) is 0 Å². The Bertz CT molecular complexity index is 213. The van der Waals surface area contributed by atoms with Crippen molar-refractivity contribution in [1.82, 2.24) is 5.32 Å². The van der Waals surface area contributed by atoms with Crippen LogP contribution in [0.25, 0.3) is 0 Å². The molecule has 0 aromatic heterocycles. The summed E-state index contributed by atoms with van der Waals surface area (Å²) in [6, 6.07) is -0.109. The minimum atomic E-state index is -0.109. The minimum Gasteiger partial charge on any atom is -0.394 e. The van der Waals surface area contributed by atoms with Crippen molar-refractivity contribution in [3.8, 4) is 0 Å². The smallest absolute Gasteiger partial charge is 0.157 e. The highest BCUT2D eigenvalue weighted by molar-refractivity contribution is 5.92. The molecule has 0 aromatic rings. The van der Waals surface area contributed by atoms with Gasteiger partial charge in [0.1, 0.15) is 0 Å². The van der Waals surface area contributed by atoms with E-state index in [2.05, 4.69) is 5.32 Å². The molecular weight excluding hydrogens is 170 g/mol. The van der Waals surface area contributed by atoms with Crippen LogP contribution >= 0.6 is 0 Å². The van der Waals surface area contributed by atoms with Crippen molar-refractivity contribution in [2.45, 2.75) is 18.9 Å². The van der Waals surface area contributed by atoms with Crippen molar-refractivity contribution < 1.29 is 14.6 Å². The molecule has 0 heterocycles. The van der Waals surface area contributed by atoms with Gasteiger partial charge in [0.05, 0.1) is 19.3 Å². The molecule has 0 aromatic carbocycles. The van der Waals surface area contributed by atoms with E-state index in [9.17, 15) is 4.79 Å². The van der Waals surface area contributed by atoms with Gasteiger partial charge in [0.25, 0.3) is 0 Å². The molecule has 4 nitrogen and oxygen atoms in total. The first-order valence-electron chi connectivity index (χ1n) is 4.36. The Labute approximate surface area is 77.6 Å². The predicted octanol–water partition coefficient (Wildman–Crippen LogP) is -0.170. The molecular formula is C9H15NO3. The van der Waals surface area contributed by atoms with E-state index in [-0.39, 0.29) is 18.4 Å². The molecule has 1 atom stereocenters. The van der Waals surface area contributed by atoms with Crippen LogP contribution in [0.1, 0.15) is 12.8 Å². The Morgan fingerprint density at radius 1 is 1.69 bits per heavy atom. The van der Waals surface area contributed by atoms with Crippen molar-refractivity contribution in [2.75, 3.05) is 20.3 Å². The molecule has 4 heteroatoms. The molecule has 0 amide bonds. The number of nitrogens with one attached hydrogen (secondary N) is 1. The van der Waals surface area contributed by atoms with E-state index in [0.29, 0.717) is 13.0 Å². The molecule has 1 aliphatic rings. The summed E-state index contributed by atoms with van der Waals surface area (Å²) in [5, 5.41) is 12.0. The average molecular weight is 185 g/mol. The lowest BCUT2D eigenvalue weighted by molar-refractivity contribution is -0.114. The molecule has 0 bridgehead atoms. The van der Waals surface area contributed by atoms with Crippen LogP contribution in [0.15, 0.2) is 11.8 Å². The molecule has 0 saturated carbocycles. The lowest BCUT2D eigenvalue weighted by Crippen LogP contribution is -2.35. The fourth-order valence-electron chi connectivity index (χ4n) is 1.31. The maximum Gasteiger partial charge on any atom is 0.157 e. The number of hydrogen-bond acceptors (Lipinski definition) is 4. The number of hydrogen-bond donors (Lipinski definition) is 2. The fraction of sp³-hybridized carbons (Fsp3) is 0.667. The van der Waals surface area contributed by atoms with Crippen LogP contribution in [0.4, 0.5) is 0 Å². The number of methoxy groups -OCH3 is 1. The van der Waals surface area contributed by atoms with Gasteiger partial charge < -0.3 is 15.2 Å². The number of rotatable bonds is 5. The number of carbonyl (C=O) groups is 1. The standard InChI is InChI=1S/C9H15NO3/c1-13-6-8(5-11)10-7-2-3-9(12)4-7/h4,8,10-11H,2-3,5-6H2,1H3. The number of ketones is 1. The summed E-state index contributed by atoms with van der Waals surface area (Å²) in [5.41, 5.74) is 0.904. The lowest BCUT2D eigenvalue weighted by atomic mass is 10.3. The lowest BCUT2D eigenvalue weighted by Gasteiger charge is -2.16. The van der Waals surface area contributed by atoms with Crippen molar-refractivity contribution in [3.05, 3.63) is 11.8 Å². The molecule has 0 fully saturated rings. The van der Waals surface area contributed by atoms with Gasteiger partial charge in [0, 0.05) is 25.3 Å². The van der Waals surface area contributed by atoms with Crippen molar-refractivity contribution >= 4 is 5.78 Å².